The molecular formula is C4H7NOS. The average Bonchev–Trinajstić information content (AvgIpc) is 1.65. The van der Waals surface area contributed by atoms with Gasteiger partial charge >= 0.3 is 0 Å². The van der Waals surface area contributed by atoms with Crippen LogP contribution in [0, 0.1) is 0 Å². The highest BCUT2D eigenvalue weighted by Gasteiger charge is 2.21. The lowest BCUT2D eigenvalue weighted by Gasteiger charge is -2.33. The summed E-state index contributed by atoms with van der Waals surface area (Å²) in [6.45, 7) is 0.887. The van der Waals surface area contributed by atoms with E-state index in [1.807, 2.05) is 0 Å². The van der Waals surface area contributed by atoms with Crippen LogP contribution in [0.15, 0.2) is 0 Å². The first-order chi connectivity index (χ1) is 3.34. The van der Waals surface area contributed by atoms with Crippen LogP contribution in [0.2, 0.25) is 0 Å². The molecule has 3 heteroatoms. The minimum atomic E-state index is 0.206. The van der Waals surface area contributed by atoms with Crippen molar-refractivity contribution in [3.8, 4) is 0 Å². The number of rotatable bonds is 1. The number of nitrogens with zero attached hydrogens (tertiary/aromatic N) is 1. The minimum absolute atomic E-state index is 0.206. The largest absolute Gasteiger partial charge is 0.333 e. The van der Waals surface area contributed by atoms with Crippen LogP contribution in [0.25, 0.3) is 0 Å². The van der Waals surface area contributed by atoms with Crippen molar-refractivity contribution in [2.45, 2.75) is 11.8 Å². The van der Waals surface area contributed by atoms with Gasteiger partial charge in [-0.1, -0.05) is 0 Å². The molecule has 1 aliphatic rings. The van der Waals surface area contributed by atoms with Gasteiger partial charge in [-0.3, -0.25) is 4.79 Å². The molecule has 0 aromatic heterocycles. The average molecular weight is 117 g/mol. The van der Waals surface area contributed by atoms with E-state index in [2.05, 4.69) is 12.6 Å². The van der Waals surface area contributed by atoms with Crippen LogP contribution in [0.4, 0.5) is 0 Å². The molecule has 1 rings (SSSR count). The molecule has 1 amide bonds. The van der Waals surface area contributed by atoms with Gasteiger partial charge in [0, 0.05) is 6.54 Å². The summed E-state index contributed by atoms with van der Waals surface area (Å²) < 4.78 is 0. The fraction of sp³-hybridized carbons (Fsp3) is 0.750. The highest BCUT2D eigenvalue weighted by atomic mass is 32.1. The second-order valence-corrected chi connectivity index (χ2v) is 2.21. The second kappa shape index (κ2) is 1.74. The topological polar surface area (TPSA) is 20.3 Å². The smallest absolute Gasteiger partial charge is 0.210 e. The molecule has 1 fully saturated rings. The van der Waals surface area contributed by atoms with Crippen LogP contribution in [0.3, 0.4) is 0 Å². The van der Waals surface area contributed by atoms with Crippen molar-refractivity contribution in [1.82, 2.24) is 4.90 Å². The molecule has 0 aromatic carbocycles. The summed E-state index contributed by atoms with van der Waals surface area (Å²) in [7, 11) is 0. The van der Waals surface area contributed by atoms with E-state index < -0.39 is 0 Å². The predicted molar refractivity (Wildman–Crippen MR) is 30.2 cm³/mol. The van der Waals surface area contributed by atoms with E-state index in [4.69, 9.17) is 0 Å². The van der Waals surface area contributed by atoms with Crippen LogP contribution < -0.4 is 0 Å². The van der Waals surface area contributed by atoms with E-state index in [1.165, 1.54) is 0 Å². The molecule has 0 aliphatic carbocycles. The lowest BCUT2D eigenvalue weighted by atomic mass is 10.2. The Kier molecular flexibility index (Phi) is 1.23. The van der Waals surface area contributed by atoms with Gasteiger partial charge in [-0.15, -0.1) is 0 Å². The molecular weight excluding hydrogens is 110 g/mol. The monoisotopic (exact) mass is 117 g/mol. The van der Waals surface area contributed by atoms with Crippen LogP contribution in [0.5, 0.6) is 0 Å². The third kappa shape index (κ3) is 0.725. The van der Waals surface area contributed by atoms with Gasteiger partial charge < -0.3 is 4.90 Å². The Hall–Kier alpha value is -0.180. The summed E-state index contributed by atoms with van der Waals surface area (Å²) >= 11 is 4.05. The molecule has 1 atom stereocenters. The van der Waals surface area contributed by atoms with Gasteiger partial charge in [-0.2, -0.15) is 12.6 Å². The van der Waals surface area contributed by atoms with E-state index in [0.717, 1.165) is 19.4 Å². The quantitative estimate of drug-likeness (QED) is 0.381. The molecule has 0 N–H and O–H groups in total. The van der Waals surface area contributed by atoms with Gasteiger partial charge in [0.25, 0.3) is 0 Å². The lowest BCUT2D eigenvalue weighted by molar-refractivity contribution is -0.122. The minimum Gasteiger partial charge on any atom is -0.333 e. The fourth-order valence-electron chi connectivity index (χ4n) is 0.517. The Morgan fingerprint density at radius 2 is 2.57 bits per heavy atom. The van der Waals surface area contributed by atoms with Gasteiger partial charge in [-0.25, -0.2) is 0 Å². The van der Waals surface area contributed by atoms with Crippen LogP contribution in [0.1, 0.15) is 6.42 Å². The molecule has 0 spiro atoms. The third-order valence-electron chi connectivity index (χ3n) is 1.16. The first kappa shape index (κ1) is 4.97. The van der Waals surface area contributed by atoms with Gasteiger partial charge in [0.2, 0.25) is 6.41 Å². The van der Waals surface area contributed by atoms with Crippen molar-refractivity contribution in [3.63, 3.8) is 0 Å². The standard InChI is InChI=1S/C4H7NOS/c6-3-5-2-1-4(5)7/h3-4,7H,1-2H2. The zero-order valence-electron chi connectivity index (χ0n) is 3.87. The van der Waals surface area contributed by atoms with Crippen molar-refractivity contribution in [2.75, 3.05) is 6.54 Å². The highest BCUT2D eigenvalue weighted by Crippen LogP contribution is 2.16. The van der Waals surface area contributed by atoms with Gasteiger partial charge in [-0.05, 0) is 6.42 Å². The number of carbonyl (C=O) groups excluding carboxylic acids is 1. The first-order valence-corrected chi connectivity index (χ1v) is 2.75. The van der Waals surface area contributed by atoms with Crippen molar-refractivity contribution >= 4 is 19.0 Å². The summed E-state index contributed by atoms with van der Waals surface area (Å²) in [4.78, 5) is 11.5. The number of likely N-dealkylation sites (tertiary alicyclic amines) is 1. The SMILES string of the molecule is O=CN1CCC1S. The fourth-order valence-corrected chi connectivity index (χ4v) is 0.802. The molecule has 1 heterocycles. The summed E-state index contributed by atoms with van der Waals surface area (Å²) in [5.41, 5.74) is 0. The molecule has 1 unspecified atom stereocenters. The van der Waals surface area contributed by atoms with Crippen LogP contribution in [-0.2, 0) is 4.79 Å². The molecule has 0 radical (unpaired) electrons. The highest BCUT2D eigenvalue weighted by molar-refractivity contribution is 7.81. The second-order valence-electron chi connectivity index (χ2n) is 1.61. The Balaban J connectivity index is 2.28. The van der Waals surface area contributed by atoms with Crippen molar-refractivity contribution < 1.29 is 4.79 Å². The van der Waals surface area contributed by atoms with E-state index in [1.54, 1.807) is 4.90 Å². The Labute approximate surface area is 47.9 Å². The number of carbonyl (C=O) groups is 1. The molecule has 2 nitrogen and oxygen atoms in total. The number of hydrogen-bond donors (Lipinski definition) is 1. The molecule has 0 saturated carbocycles. The maximum atomic E-state index is 9.87. The predicted octanol–water partition coefficient (Wildman–Crippen LogP) is 0.104. The van der Waals surface area contributed by atoms with Crippen LogP contribution in [-0.4, -0.2) is 23.2 Å². The van der Waals surface area contributed by atoms with E-state index in [-0.39, 0.29) is 5.37 Å². The maximum Gasteiger partial charge on any atom is 0.210 e. The van der Waals surface area contributed by atoms with Crippen molar-refractivity contribution in [2.24, 2.45) is 0 Å². The van der Waals surface area contributed by atoms with Crippen molar-refractivity contribution in [3.05, 3.63) is 0 Å². The lowest BCUT2D eigenvalue weighted by Crippen LogP contribution is -2.42. The summed E-state index contributed by atoms with van der Waals surface area (Å²) in [5.74, 6) is 0. The molecule has 1 aliphatic heterocycles. The van der Waals surface area contributed by atoms with Crippen LogP contribution >= 0.6 is 12.6 Å². The number of hydrogen-bond acceptors (Lipinski definition) is 2. The van der Waals surface area contributed by atoms with Crippen molar-refractivity contribution in [1.29, 1.82) is 0 Å². The zero-order valence-corrected chi connectivity index (χ0v) is 4.77. The normalized spacial score (nSPS) is 29.3. The van der Waals surface area contributed by atoms with E-state index >= 15 is 0 Å². The Bertz CT molecular complexity index is 85.8. The van der Waals surface area contributed by atoms with Gasteiger partial charge in [0.15, 0.2) is 0 Å². The molecule has 40 valence electrons. The Morgan fingerprint density at radius 3 is 2.57 bits per heavy atom. The maximum absolute atomic E-state index is 9.87. The van der Waals surface area contributed by atoms with E-state index in [9.17, 15) is 4.79 Å². The van der Waals surface area contributed by atoms with Gasteiger partial charge in [0.05, 0.1) is 5.37 Å². The summed E-state index contributed by atoms with van der Waals surface area (Å²) in [6.07, 6.45) is 1.88. The molecule has 0 aromatic rings. The summed E-state index contributed by atoms with van der Waals surface area (Å²) in [6, 6.07) is 0. The molecule has 0 bridgehead atoms. The zero-order chi connectivity index (χ0) is 5.28. The molecule has 1 saturated heterocycles. The van der Waals surface area contributed by atoms with E-state index in [0.29, 0.717) is 0 Å². The number of thiol groups is 1. The molecule has 7 heavy (non-hydrogen) atoms. The first-order valence-electron chi connectivity index (χ1n) is 2.23. The Morgan fingerprint density at radius 1 is 1.86 bits per heavy atom. The number of amides is 1. The van der Waals surface area contributed by atoms with Gasteiger partial charge in [0.1, 0.15) is 0 Å². The summed E-state index contributed by atoms with van der Waals surface area (Å²) in [5, 5.41) is 0.206. The third-order valence-corrected chi connectivity index (χ3v) is 1.72.